The van der Waals surface area contributed by atoms with Gasteiger partial charge in [0.25, 0.3) is 0 Å². The van der Waals surface area contributed by atoms with Crippen LogP contribution in [-0.4, -0.2) is 27.9 Å². The molecule has 7 heteroatoms. The molecule has 0 spiro atoms. The Morgan fingerprint density at radius 2 is 2.15 bits per heavy atom. The lowest BCUT2D eigenvalue weighted by atomic mass is 10.1. The summed E-state index contributed by atoms with van der Waals surface area (Å²) in [6, 6.07) is 10.5. The van der Waals surface area contributed by atoms with E-state index in [9.17, 15) is 5.11 Å². The van der Waals surface area contributed by atoms with E-state index in [0.29, 0.717) is 23.9 Å². The summed E-state index contributed by atoms with van der Waals surface area (Å²) in [6.45, 7) is 2.44. The highest BCUT2D eigenvalue weighted by Crippen LogP contribution is 2.33. The summed E-state index contributed by atoms with van der Waals surface area (Å²) in [4.78, 5) is 8.63. The Balaban J connectivity index is 1.97. The maximum absolute atomic E-state index is 9.57. The Kier molecular flexibility index (Phi) is 5.53. The quantitative estimate of drug-likeness (QED) is 0.411. The summed E-state index contributed by atoms with van der Waals surface area (Å²) >= 11 is 5.98. The van der Waals surface area contributed by atoms with Crippen LogP contribution in [0.25, 0.3) is 10.9 Å². The van der Waals surface area contributed by atoms with E-state index in [-0.39, 0.29) is 16.7 Å². The van der Waals surface area contributed by atoms with E-state index >= 15 is 0 Å². The minimum atomic E-state index is 0.0195. The predicted octanol–water partition coefficient (Wildman–Crippen LogP) is 4.79. The van der Waals surface area contributed by atoms with Gasteiger partial charge in [-0.3, -0.25) is 0 Å². The van der Waals surface area contributed by atoms with Crippen molar-refractivity contribution < 1.29 is 9.84 Å². The summed E-state index contributed by atoms with van der Waals surface area (Å²) in [5.74, 6) is 1.30. The second-order valence-corrected chi connectivity index (χ2v) is 6.22. The number of anilines is 2. The molecule has 0 unspecified atom stereocenters. The second kappa shape index (κ2) is 8.01. The number of ether oxygens (including phenoxy) is 1. The van der Waals surface area contributed by atoms with Gasteiger partial charge in [0.15, 0.2) is 0 Å². The molecule has 0 saturated heterocycles. The summed E-state index contributed by atoms with van der Waals surface area (Å²) in [7, 11) is 0. The summed E-state index contributed by atoms with van der Waals surface area (Å²) in [5, 5.41) is 21.2. The predicted molar refractivity (Wildman–Crippen MR) is 104 cm³/mol. The van der Waals surface area contributed by atoms with Gasteiger partial charge in [-0.1, -0.05) is 24.6 Å². The standard InChI is InChI=1S/C19H19ClN4O2/c1-2-12(9-21)10-26-17-5-3-4-15-18(17)19(23-11-22-15)24-13-6-7-16(25)14(20)8-13/h3-9,11-12,21,25H,2,10H2,1H3,(H,22,23,24)/t12-/m1/s1. The first kappa shape index (κ1) is 17.9. The van der Waals surface area contributed by atoms with Crippen molar-refractivity contribution in [2.24, 2.45) is 5.92 Å². The average molecular weight is 371 g/mol. The Morgan fingerprint density at radius 3 is 2.88 bits per heavy atom. The highest BCUT2D eigenvalue weighted by Gasteiger charge is 2.12. The highest BCUT2D eigenvalue weighted by molar-refractivity contribution is 6.32. The molecule has 0 saturated carbocycles. The lowest BCUT2D eigenvalue weighted by molar-refractivity contribution is 0.286. The van der Waals surface area contributed by atoms with Crippen LogP contribution in [0.4, 0.5) is 11.5 Å². The van der Waals surface area contributed by atoms with Crippen molar-refractivity contribution in [3.8, 4) is 11.5 Å². The number of aromatic nitrogens is 2. The molecule has 0 radical (unpaired) electrons. The summed E-state index contributed by atoms with van der Waals surface area (Å²) in [6.07, 6.45) is 3.71. The molecule has 0 aliphatic heterocycles. The molecule has 1 atom stereocenters. The monoisotopic (exact) mass is 370 g/mol. The van der Waals surface area contributed by atoms with Gasteiger partial charge < -0.3 is 20.6 Å². The molecule has 0 aliphatic rings. The maximum atomic E-state index is 9.57. The van der Waals surface area contributed by atoms with Gasteiger partial charge in [-0.05, 0) is 36.8 Å². The van der Waals surface area contributed by atoms with E-state index < -0.39 is 0 Å². The molecule has 0 fully saturated rings. The first-order valence-electron chi connectivity index (χ1n) is 8.25. The number of phenols is 1. The largest absolute Gasteiger partial charge is 0.506 e. The molecule has 0 bridgehead atoms. The number of nitrogens with one attached hydrogen (secondary N) is 2. The van der Waals surface area contributed by atoms with Crippen molar-refractivity contribution in [2.75, 3.05) is 11.9 Å². The van der Waals surface area contributed by atoms with Crippen molar-refractivity contribution >= 4 is 40.2 Å². The summed E-state index contributed by atoms with van der Waals surface area (Å²) in [5.41, 5.74) is 1.43. The number of aromatic hydroxyl groups is 1. The van der Waals surface area contributed by atoms with Gasteiger partial charge >= 0.3 is 0 Å². The van der Waals surface area contributed by atoms with E-state index in [1.165, 1.54) is 18.6 Å². The molecule has 1 aromatic heterocycles. The van der Waals surface area contributed by atoms with E-state index in [4.69, 9.17) is 21.7 Å². The van der Waals surface area contributed by atoms with Gasteiger partial charge in [-0.2, -0.15) is 0 Å². The van der Waals surface area contributed by atoms with Crippen LogP contribution in [0.5, 0.6) is 11.5 Å². The minimum Gasteiger partial charge on any atom is -0.506 e. The molecule has 134 valence electrons. The maximum Gasteiger partial charge on any atom is 0.145 e. The molecule has 2 aromatic carbocycles. The molecule has 3 N–H and O–H groups in total. The Morgan fingerprint density at radius 1 is 1.31 bits per heavy atom. The number of rotatable bonds is 7. The van der Waals surface area contributed by atoms with Crippen LogP contribution in [0.3, 0.4) is 0 Å². The zero-order valence-corrected chi connectivity index (χ0v) is 15.0. The van der Waals surface area contributed by atoms with E-state index in [0.717, 1.165) is 17.3 Å². The number of nitrogens with zero attached hydrogens (tertiary/aromatic N) is 2. The zero-order valence-electron chi connectivity index (χ0n) is 14.2. The number of fused-ring (bicyclic) bond motifs is 1. The van der Waals surface area contributed by atoms with Gasteiger partial charge in [0, 0.05) is 17.8 Å². The van der Waals surface area contributed by atoms with Crippen molar-refractivity contribution in [2.45, 2.75) is 13.3 Å². The fraction of sp³-hybridized carbons (Fsp3) is 0.211. The van der Waals surface area contributed by atoms with Gasteiger partial charge in [0.2, 0.25) is 0 Å². The van der Waals surface area contributed by atoms with Gasteiger partial charge in [-0.25, -0.2) is 9.97 Å². The zero-order chi connectivity index (χ0) is 18.5. The normalized spacial score (nSPS) is 11.9. The number of hydrogen-bond donors (Lipinski definition) is 3. The minimum absolute atomic E-state index is 0.0195. The van der Waals surface area contributed by atoms with E-state index in [1.54, 1.807) is 12.1 Å². The molecule has 3 aromatic rings. The number of benzene rings is 2. The van der Waals surface area contributed by atoms with Crippen molar-refractivity contribution in [3.63, 3.8) is 0 Å². The highest BCUT2D eigenvalue weighted by atomic mass is 35.5. The lowest BCUT2D eigenvalue weighted by Crippen LogP contribution is -2.12. The fourth-order valence-electron chi connectivity index (χ4n) is 2.50. The molecular formula is C19H19ClN4O2. The van der Waals surface area contributed by atoms with Crippen molar-refractivity contribution in [3.05, 3.63) is 47.7 Å². The van der Waals surface area contributed by atoms with Crippen LogP contribution in [0.1, 0.15) is 13.3 Å². The molecule has 3 rings (SSSR count). The van der Waals surface area contributed by atoms with Gasteiger partial charge in [0.05, 0.1) is 22.5 Å². The van der Waals surface area contributed by atoms with Gasteiger partial charge in [-0.15, -0.1) is 0 Å². The van der Waals surface area contributed by atoms with E-state index in [2.05, 4.69) is 15.3 Å². The smallest absolute Gasteiger partial charge is 0.145 e. The third-order valence-corrected chi connectivity index (χ3v) is 4.35. The third-order valence-electron chi connectivity index (χ3n) is 4.05. The Hall–Kier alpha value is -2.86. The van der Waals surface area contributed by atoms with Crippen LogP contribution in [-0.2, 0) is 0 Å². The van der Waals surface area contributed by atoms with Crippen molar-refractivity contribution in [1.82, 2.24) is 9.97 Å². The number of hydrogen-bond acceptors (Lipinski definition) is 6. The Bertz CT molecular complexity index is 927. The average Bonchev–Trinajstić information content (AvgIpc) is 2.66. The van der Waals surface area contributed by atoms with Crippen molar-refractivity contribution in [1.29, 1.82) is 5.41 Å². The van der Waals surface area contributed by atoms with Gasteiger partial charge in [0.1, 0.15) is 23.6 Å². The first-order valence-corrected chi connectivity index (χ1v) is 8.62. The summed E-state index contributed by atoms with van der Waals surface area (Å²) < 4.78 is 5.95. The molecule has 0 amide bonds. The molecule has 26 heavy (non-hydrogen) atoms. The molecule has 6 nitrogen and oxygen atoms in total. The lowest BCUT2D eigenvalue weighted by Gasteiger charge is -2.15. The number of phenolic OH excluding ortho intramolecular Hbond substituents is 1. The van der Waals surface area contributed by atoms with Crippen LogP contribution in [0.15, 0.2) is 42.7 Å². The second-order valence-electron chi connectivity index (χ2n) is 5.81. The molecule has 1 heterocycles. The topological polar surface area (TPSA) is 91.1 Å². The first-order chi connectivity index (χ1) is 12.6. The molecular weight excluding hydrogens is 352 g/mol. The molecule has 0 aliphatic carbocycles. The van der Waals surface area contributed by atoms with Crippen LogP contribution < -0.4 is 10.1 Å². The Labute approximate surface area is 156 Å². The van der Waals surface area contributed by atoms with Crippen LogP contribution >= 0.6 is 11.6 Å². The fourth-order valence-corrected chi connectivity index (χ4v) is 2.68. The van der Waals surface area contributed by atoms with Crippen LogP contribution in [0.2, 0.25) is 5.02 Å². The SMILES string of the molecule is CC[C@H](C=N)COc1cccc2ncnc(Nc3ccc(O)c(Cl)c3)c12. The van der Waals surface area contributed by atoms with E-state index in [1.807, 2.05) is 25.1 Å². The number of halogens is 1. The third kappa shape index (κ3) is 3.86. The van der Waals surface area contributed by atoms with Crippen LogP contribution in [0, 0.1) is 11.3 Å².